The van der Waals surface area contributed by atoms with Crippen molar-refractivity contribution in [1.29, 1.82) is 0 Å². The smallest absolute Gasteiger partial charge is 0.254 e. The molecule has 1 fully saturated rings. The van der Waals surface area contributed by atoms with Crippen molar-refractivity contribution < 1.29 is 9.69 Å². The van der Waals surface area contributed by atoms with E-state index >= 15 is 0 Å². The van der Waals surface area contributed by atoms with Gasteiger partial charge in [-0.15, -0.1) is 0 Å². The number of benzene rings is 1. The Morgan fingerprint density at radius 2 is 2.00 bits per heavy atom. The molecule has 0 saturated carbocycles. The summed E-state index contributed by atoms with van der Waals surface area (Å²) in [6, 6.07) is 7.17. The number of hydrogen-bond donors (Lipinski definition) is 1. The zero-order valence-electron chi connectivity index (χ0n) is 16.5. The van der Waals surface area contributed by atoms with Gasteiger partial charge >= 0.3 is 0 Å². The Labute approximate surface area is 171 Å². The van der Waals surface area contributed by atoms with Gasteiger partial charge in [0.05, 0.1) is 45.0 Å². The molecule has 2 aromatic rings. The number of anilines is 1. The van der Waals surface area contributed by atoms with Gasteiger partial charge < -0.3 is 14.7 Å². The molecule has 0 unspecified atom stereocenters. The van der Waals surface area contributed by atoms with Gasteiger partial charge in [-0.05, 0) is 32.0 Å². The Hall–Kier alpha value is -2.18. The molecule has 2 aliphatic rings. The highest BCUT2D eigenvalue weighted by Crippen LogP contribution is 2.28. The summed E-state index contributed by atoms with van der Waals surface area (Å²) in [7, 11) is 0. The molecule has 2 aliphatic heterocycles. The summed E-state index contributed by atoms with van der Waals surface area (Å²) in [5.41, 5.74) is 2.82. The van der Waals surface area contributed by atoms with E-state index in [1.165, 1.54) is 0 Å². The number of aryl methyl sites for hydroxylation is 1. The maximum atomic E-state index is 13.0. The molecule has 148 valence electrons. The Bertz CT molecular complexity index is 879. The van der Waals surface area contributed by atoms with Gasteiger partial charge in [0.2, 0.25) is 0 Å². The van der Waals surface area contributed by atoms with Crippen LogP contribution in [-0.2, 0) is 13.0 Å². The largest absolute Gasteiger partial charge is 0.345 e. The number of piperazine rings is 1. The van der Waals surface area contributed by atoms with E-state index in [4.69, 9.17) is 16.6 Å². The molecule has 28 heavy (non-hydrogen) atoms. The predicted octanol–water partition coefficient (Wildman–Crippen LogP) is 1.36. The average molecular weight is 401 g/mol. The zero-order valence-corrected chi connectivity index (χ0v) is 17.3. The number of likely N-dealkylation sites (N-methyl/N-ethyl adjacent to an activating group) is 1. The van der Waals surface area contributed by atoms with Gasteiger partial charge in [-0.2, -0.15) is 0 Å². The van der Waals surface area contributed by atoms with Crippen molar-refractivity contribution in [2.24, 2.45) is 0 Å². The zero-order chi connectivity index (χ0) is 19.7. The van der Waals surface area contributed by atoms with E-state index in [0.29, 0.717) is 23.7 Å². The van der Waals surface area contributed by atoms with Crippen molar-refractivity contribution in [3.8, 4) is 0 Å². The lowest BCUT2D eigenvalue weighted by molar-refractivity contribution is -0.898. The maximum absolute atomic E-state index is 13.0. The Morgan fingerprint density at radius 3 is 2.71 bits per heavy atom. The van der Waals surface area contributed by atoms with Crippen LogP contribution in [-0.4, -0.2) is 60.0 Å². The summed E-state index contributed by atoms with van der Waals surface area (Å²) in [4.78, 5) is 28.4. The number of aromatic nitrogens is 2. The van der Waals surface area contributed by atoms with Gasteiger partial charge in [0.25, 0.3) is 5.91 Å². The highest BCUT2D eigenvalue weighted by Gasteiger charge is 2.29. The summed E-state index contributed by atoms with van der Waals surface area (Å²) in [5, 5.41) is 0.583. The number of nitrogens with zero attached hydrogens (tertiary/aromatic N) is 4. The van der Waals surface area contributed by atoms with E-state index in [1.54, 1.807) is 17.0 Å². The fraction of sp³-hybridized carbons (Fsp3) is 0.476. The lowest BCUT2D eigenvalue weighted by Gasteiger charge is -2.36. The van der Waals surface area contributed by atoms with Crippen molar-refractivity contribution in [2.75, 3.05) is 44.2 Å². The van der Waals surface area contributed by atoms with E-state index in [0.717, 1.165) is 62.0 Å². The second-order valence-corrected chi connectivity index (χ2v) is 8.03. The van der Waals surface area contributed by atoms with Crippen LogP contribution in [0.4, 0.5) is 5.82 Å². The molecule has 0 bridgehead atoms. The Balaban J connectivity index is 1.60. The van der Waals surface area contributed by atoms with Crippen molar-refractivity contribution in [3.63, 3.8) is 0 Å². The number of halogens is 1. The quantitative estimate of drug-likeness (QED) is 0.845. The van der Waals surface area contributed by atoms with Crippen molar-refractivity contribution >= 4 is 23.3 Å². The van der Waals surface area contributed by atoms with Crippen molar-refractivity contribution in [2.45, 2.75) is 26.8 Å². The molecule has 1 aromatic heterocycles. The molecule has 0 aliphatic carbocycles. The summed E-state index contributed by atoms with van der Waals surface area (Å²) < 4.78 is 0. The molecule has 1 N–H and O–H groups in total. The summed E-state index contributed by atoms with van der Waals surface area (Å²) in [6.45, 7) is 10.8. The maximum Gasteiger partial charge on any atom is 0.254 e. The van der Waals surface area contributed by atoms with Crippen molar-refractivity contribution in [1.82, 2.24) is 14.9 Å². The second-order valence-electron chi connectivity index (χ2n) is 7.60. The van der Waals surface area contributed by atoms with Crippen molar-refractivity contribution in [3.05, 3.63) is 51.9 Å². The molecule has 1 amide bonds. The van der Waals surface area contributed by atoms with Crippen LogP contribution in [0.2, 0.25) is 5.02 Å². The van der Waals surface area contributed by atoms with E-state index in [-0.39, 0.29) is 5.91 Å². The number of rotatable bonds is 3. The number of fused-ring (bicyclic) bond motifs is 1. The van der Waals surface area contributed by atoms with Crippen LogP contribution in [0.1, 0.15) is 34.4 Å². The van der Waals surface area contributed by atoms with Gasteiger partial charge in [0.15, 0.2) is 0 Å². The average Bonchev–Trinajstić information content (AvgIpc) is 2.72. The first-order valence-corrected chi connectivity index (χ1v) is 10.4. The molecule has 0 radical (unpaired) electrons. The molecule has 1 saturated heterocycles. The van der Waals surface area contributed by atoms with Gasteiger partial charge in [-0.3, -0.25) is 4.79 Å². The first kappa shape index (κ1) is 19.2. The fourth-order valence-corrected chi connectivity index (χ4v) is 4.33. The Morgan fingerprint density at radius 1 is 1.21 bits per heavy atom. The van der Waals surface area contributed by atoms with Crippen LogP contribution in [0.25, 0.3) is 0 Å². The minimum atomic E-state index is 0.0138. The third-order valence-corrected chi connectivity index (χ3v) is 6.01. The molecule has 0 spiro atoms. The molecule has 1 aromatic carbocycles. The third kappa shape index (κ3) is 3.84. The van der Waals surface area contributed by atoms with Gasteiger partial charge in [0, 0.05) is 29.1 Å². The van der Waals surface area contributed by atoms with E-state index < -0.39 is 0 Å². The van der Waals surface area contributed by atoms with E-state index in [9.17, 15) is 4.79 Å². The van der Waals surface area contributed by atoms with Gasteiger partial charge in [-0.1, -0.05) is 17.7 Å². The number of quaternary nitrogens is 1. The number of carbonyl (C=O) groups is 1. The van der Waals surface area contributed by atoms with E-state index in [2.05, 4.69) is 16.8 Å². The molecular weight excluding hydrogens is 374 g/mol. The molecule has 0 atom stereocenters. The summed E-state index contributed by atoms with van der Waals surface area (Å²) >= 11 is 6.08. The minimum Gasteiger partial charge on any atom is -0.345 e. The highest BCUT2D eigenvalue weighted by atomic mass is 35.5. The summed E-state index contributed by atoms with van der Waals surface area (Å²) in [5.74, 6) is 1.84. The summed E-state index contributed by atoms with van der Waals surface area (Å²) in [6.07, 6.45) is 0.762. The standard InChI is InChI=1S/C21H26ClN5O/c1-3-25-9-11-26(12-10-25)20-18-14-27(8-7-19(18)23-15(2)24-20)21(28)16-5-4-6-17(22)13-16/h4-6,13H,3,7-12,14H2,1-2H3/p+1. The van der Waals surface area contributed by atoms with Gasteiger partial charge in [-0.25, -0.2) is 9.97 Å². The third-order valence-electron chi connectivity index (χ3n) is 5.78. The number of amides is 1. The second kappa shape index (κ2) is 8.05. The molecule has 4 rings (SSSR count). The molecular formula is C21H27ClN5O+. The molecule has 3 heterocycles. The first-order valence-electron chi connectivity index (χ1n) is 10.0. The topological polar surface area (TPSA) is 53.8 Å². The fourth-order valence-electron chi connectivity index (χ4n) is 4.14. The first-order chi connectivity index (χ1) is 13.5. The molecule has 7 heteroatoms. The van der Waals surface area contributed by atoms with E-state index in [1.807, 2.05) is 24.0 Å². The monoisotopic (exact) mass is 400 g/mol. The number of hydrogen-bond acceptors (Lipinski definition) is 4. The predicted molar refractivity (Wildman–Crippen MR) is 110 cm³/mol. The SMILES string of the molecule is CC[NH+]1CCN(c2nc(C)nc3c2CN(C(=O)c2cccc(Cl)c2)CC3)CC1. The lowest BCUT2D eigenvalue weighted by Crippen LogP contribution is -3.14. The van der Waals surface area contributed by atoms with Crippen LogP contribution in [0.3, 0.4) is 0 Å². The highest BCUT2D eigenvalue weighted by molar-refractivity contribution is 6.30. The van der Waals surface area contributed by atoms with Crippen LogP contribution >= 0.6 is 11.6 Å². The van der Waals surface area contributed by atoms with Gasteiger partial charge in [0.1, 0.15) is 11.6 Å². The van der Waals surface area contributed by atoms with Crippen LogP contribution in [0.15, 0.2) is 24.3 Å². The lowest BCUT2D eigenvalue weighted by atomic mass is 10.0. The number of nitrogens with one attached hydrogen (secondary N) is 1. The number of carbonyl (C=O) groups excluding carboxylic acids is 1. The van der Waals surface area contributed by atoms with Crippen LogP contribution in [0.5, 0.6) is 0 Å². The molecule has 6 nitrogen and oxygen atoms in total. The normalized spacial score (nSPS) is 17.5. The van der Waals surface area contributed by atoms with Crippen LogP contribution in [0, 0.1) is 6.92 Å². The minimum absolute atomic E-state index is 0.0138. The van der Waals surface area contributed by atoms with Crippen LogP contribution < -0.4 is 9.80 Å². The Kier molecular flexibility index (Phi) is 5.51.